The summed E-state index contributed by atoms with van der Waals surface area (Å²) in [7, 11) is -3.64. The van der Waals surface area contributed by atoms with Crippen molar-refractivity contribution in [3.63, 3.8) is 0 Å². The van der Waals surface area contributed by atoms with Gasteiger partial charge in [0.15, 0.2) is 0 Å². The van der Waals surface area contributed by atoms with Crippen LogP contribution in [0.1, 0.15) is 25.5 Å². The second-order valence-corrected chi connectivity index (χ2v) is 6.97. The maximum absolute atomic E-state index is 12.3. The van der Waals surface area contributed by atoms with E-state index in [0.29, 0.717) is 25.2 Å². The first-order valence-electron chi connectivity index (χ1n) is 6.83. The van der Waals surface area contributed by atoms with Crippen LogP contribution in [0.2, 0.25) is 0 Å². The monoisotopic (exact) mass is 302 g/mol. The Labute approximate surface area is 119 Å². The van der Waals surface area contributed by atoms with Crippen molar-refractivity contribution in [2.24, 2.45) is 0 Å². The van der Waals surface area contributed by atoms with E-state index in [1.807, 2.05) is 6.92 Å². The molecule has 0 saturated carbocycles. The Hall–Kier alpha value is -0.960. The fraction of sp³-hybridized carbons (Fsp3) is 0.750. The number of piperidine rings is 1. The van der Waals surface area contributed by atoms with E-state index in [2.05, 4.69) is 15.1 Å². The minimum absolute atomic E-state index is 0.0130. The van der Waals surface area contributed by atoms with Crippen molar-refractivity contribution in [1.29, 1.82) is 0 Å². The van der Waals surface area contributed by atoms with Crippen molar-refractivity contribution in [2.45, 2.75) is 43.7 Å². The molecule has 0 bridgehead atoms. The summed E-state index contributed by atoms with van der Waals surface area (Å²) in [4.78, 5) is 0.173. The Morgan fingerprint density at radius 2 is 2.35 bits per heavy atom. The third kappa shape index (κ3) is 3.20. The van der Waals surface area contributed by atoms with Crippen LogP contribution in [0, 0.1) is 6.92 Å². The first-order valence-corrected chi connectivity index (χ1v) is 8.31. The first kappa shape index (κ1) is 15.4. The third-order valence-corrected chi connectivity index (χ3v) is 5.19. The zero-order chi connectivity index (χ0) is 14.8. The van der Waals surface area contributed by atoms with Gasteiger partial charge in [-0.1, -0.05) is 0 Å². The van der Waals surface area contributed by atoms with Crippen molar-refractivity contribution in [3.05, 3.63) is 11.9 Å². The molecule has 0 amide bonds. The molecule has 1 aliphatic heterocycles. The lowest BCUT2D eigenvalue weighted by Crippen LogP contribution is -2.52. The highest BCUT2D eigenvalue weighted by Gasteiger charge is 2.31. The van der Waals surface area contributed by atoms with Crippen LogP contribution >= 0.6 is 0 Å². The third-order valence-electron chi connectivity index (χ3n) is 3.69. The molecule has 1 unspecified atom stereocenters. The van der Waals surface area contributed by atoms with Crippen molar-refractivity contribution in [2.75, 3.05) is 19.6 Å². The van der Waals surface area contributed by atoms with Crippen LogP contribution in [0.15, 0.2) is 11.1 Å². The van der Waals surface area contributed by atoms with Crippen LogP contribution < -0.4 is 10.0 Å². The van der Waals surface area contributed by atoms with Gasteiger partial charge in [-0.15, -0.1) is 0 Å². The summed E-state index contributed by atoms with van der Waals surface area (Å²) in [5.74, 6) is 0. The number of rotatable bonds is 5. The van der Waals surface area contributed by atoms with Gasteiger partial charge in [0.05, 0.1) is 17.5 Å². The molecule has 2 rings (SSSR count). The normalized spacial score (nSPS) is 23.9. The lowest BCUT2D eigenvalue weighted by Gasteiger charge is -2.32. The lowest BCUT2D eigenvalue weighted by molar-refractivity contribution is 0.0218. The van der Waals surface area contributed by atoms with Crippen molar-refractivity contribution in [3.8, 4) is 0 Å². The molecule has 2 heterocycles. The Morgan fingerprint density at radius 3 is 2.90 bits per heavy atom. The maximum atomic E-state index is 12.3. The van der Waals surface area contributed by atoms with E-state index in [-0.39, 0.29) is 11.4 Å². The Bertz CT molecular complexity index is 561. The smallest absolute Gasteiger partial charge is 0.244 e. The minimum Gasteiger partial charge on any atom is -0.387 e. The average Bonchev–Trinajstić information content (AvgIpc) is 2.79. The van der Waals surface area contributed by atoms with Crippen LogP contribution in [0.5, 0.6) is 0 Å². The highest BCUT2D eigenvalue weighted by molar-refractivity contribution is 7.89. The SMILES string of the molecule is CCn1ncc(S(=O)(=O)NCC2(O)CCCNC2)c1C. The number of sulfonamides is 1. The predicted octanol–water partition coefficient (Wildman–Crippen LogP) is -0.396. The summed E-state index contributed by atoms with van der Waals surface area (Å²) in [6.07, 6.45) is 2.78. The summed E-state index contributed by atoms with van der Waals surface area (Å²) in [5.41, 5.74) is -0.409. The maximum Gasteiger partial charge on any atom is 0.244 e. The summed E-state index contributed by atoms with van der Waals surface area (Å²) < 4.78 is 28.7. The van der Waals surface area contributed by atoms with Gasteiger partial charge in [0, 0.05) is 19.6 Å². The van der Waals surface area contributed by atoms with Crippen LogP contribution in [-0.2, 0) is 16.6 Å². The molecule has 1 aromatic heterocycles. The van der Waals surface area contributed by atoms with Crippen molar-refractivity contribution < 1.29 is 13.5 Å². The zero-order valence-corrected chi connectivity index (χ0v) is 12.7. The molecule has 0 aromatic carbocycles. The molecule has 1 fully saturated rings. The second kappa shape index (κ2) is 5.80. The highest BCUT2D eigenvalue weighted by Crippen LogP contribution is 2.18. The topological polar surface area (TPSA) is 96.2 Å². The van der Waals surface area contributed by atoms with E-state index >= 15 is 0 Å². The largest absolute Gasteiger partial charge is 0.387 e. The first-order chi connectivity index (χ1) is 9.38. The summed E-state index contributed by atoms with van der Waals surface area (Å²) >= 11 is 0. The standard InChI is InChI=1S/C12H22N4O3S/c1-3-16-10(2)11(7-14-16)20(18,19)15-9-12(17)5-4-6-13-8-12/h7,13,15,17H,3-6,8-9H2,1-2H3. The molecule has 0 radical (unpaired) electrons. The van der Waals surface area contributed by atoms with Crippen molar-refractivity contribution in [1.82, 2.24) is 19.8 Å². The number of nitrogens with one attached hydrogen (secondary N) is 2. The van der Waals surface area contributed by atoms with Crippen LogP contribution in [0.4, 0.5) is 0 Å². The number of hydrogen-bond donors (Lipinski definition) is 3. The lowest BCUT2D eigenvalue weighted by atomic mass is 9.95. The fourth-order valence-corrected chi connectivity index (χ4v) is 3.72. The summed E-state index contributed by atoms with van der Waals surface area (Å²) in [5, 5.41) is 17.4. The van der Waals surface area contributed by atoms with E-state index in [4.69, 9.17) is 0 Å². The number of aliphatic hydroxyl groups is 1. The molecular formula is C12H22N4O3S. The molecule has 20 heavy (non-hydrogen) atoms. The highest BCUT2D eigenvalue weighted by atomic mass is 32.2. The van der Waals surface area contributed by atoms with Gasteiger partial charge in [-0.05, 0) is 33.2 Å². The summed E-state index contributed by atoms with van der Waals surface area (Å²) in [6, 6.07) is 0. The zero-order valence-electron chi connectivity index (χ0n) is 11.9. The molecule has 1 aromatic rings. The van der Waals surface area contributed by atoms with Crippen LogP contribution in [0.3, 0.4) is 0 Å². The van der Waals surface area contributed by atoms with Gasteiger partial charge in [0.25, 0.3) is 0 Å². The molecule has 3 N–H and O–H groups in total. The molecule has 0 aliphatic carbocycles. The van der Waals surface area contributed by atoms with Crippen molar-refractivity contribution >= 4 is 10.0 Å². The minimum atomic E-state index is -3.64. The quantitative estimate of drug-likeness (QED) is 0.688. The van der Waals surface area contributed by atoms with E-state index < -0.39 is 15.6 Å². The number of nitrogens with zero attached hydrogens (tertiary/aromatic N) is 2. The average molecular weight is 302 g/mol. The summed E-state index contributed by atoms with van der Waals surface area (Å²) in [6.45, 7) is 5.52. The second-order valence-electron chi connectivity index (χ2n) is 5.24. The number of aromatic nitrogens is 2. The Morgan fingerprint density at radius 1 is 1.60 bits per heavy atom. The number of aryl methyl sites for hydroxylation is 1. The molecule has 7 nitrogen and oxygen atoms in total. The van der Waals surface area contributed by atoms with Crippen LogP contribution in [-0.4, -0.2) is 48.5 Å². The molecular weight excluding hydrogens is 280 g/mol. The molecule has 1 atom stereocenters. The van der Waals surface area contributed by atoms with Gasteiger partial charge in [0.2, 0.25) is 10.0 Å². The molecule has 1 aliphatic rings. The molecule has 114 valence electrons. The van der Waals surface area contributed by atoms with E-state index in [9.17, 15) is 13.5 Å². The van der Waals surface area contributed by atoms with Gasteiger partial charge < -0.3 is 10.4 Å². The molecule has 0 spiro atoms. The van der Waals surface area contributed by atoms with Gasteiger partial charge in [-0.3, -0.25) is 4.68 Å². The van der Waals surface area contributed by atoms with Gasteiger partial charge in [0.1, 0.15) is 4.90 Å². The number of β-amino-alcohol motifs (C(OH)–C–C–N with tert-alkyl or cyclic N) is 1. The van der Waals surface area contributed by atoms with E-state index in [0.717, 1.165) is 13.0 Å². The van der Waals surface area contributed by atoms with Gasteiger partial charge in [-0.25, -0.2) is 13.1 Å². The Balaban J connectivity index is 2.09. The fourth-order valence-electron chi connectivity index (χ4n) is 2.42. The van der Waals surface area contributed by atoms with Gasteiger partial charge >= 0.3 is 0 Å². The molecule has 1 saturated heterocycles. The molecule has 8 heteroatoms. The Kier molecular flexibility index (Phi) is 4.48. The number of hydrogen-bond acceptors (Lipinski definition) is 5. The predicted molar refractivity (Wildman–Crippen MR) is 74.9 cm³/mol. The van der Waals surface area contributed by atoms with Gasteiger partial charge in [-0.2, -0.15) is 5.10 Å². The van der Waals surface area contributed by atoms with Crippen LogP contribution in [0.25, 0.3) is 0 Å². The van der Waals surface area contributed by atoms with E-state index in [1.165, 1.54) is 6.20 Å². The van der Waals surface area contributed by atoms with E-state index in [1.54, 1.807) is 11.6 Å².